The Labute approximate surface area is 89.2 Å². The van der Waals surface area contributed by atoms with Gasteiger partial charge in [-0.05, 0) is 40.0 Å². The molecule has 0 saturated heterocycles. The monoisotopic (exact) mass is 263 g/mol. The highest BCUT2D eigenvalue weighted by Crippen LogP contribution is 2.43. The van der Waals surface area contributed by atoms with E-state index in [1.165, 1.54) is 6.07 Å². The van der Waals surface area contributed by atoms with Crippen LogP contribution >= 0.6 is 27.5 Å². The van der Waals surface area contributed by atoms with Crippen LogP contribution in [0.5, 0.6) is 0 Å². The molecule has 1 aliphatic carbocycles. The fourth-order valence-corrected chi connectivity index (χ4v) is 2.17. The van der Waals surface area contributed by atoms with E-state index in [4.69, 9.17) is 17.3 Å². The maximum absolute atomic E-state index is 13.1. The Morgan fingerprint density at radius 2 is 2.15 bits per heavy atom. The molecule has 1 aromatic carbocycles. The third-order valence-electron chi connectivity index (χ3n) is 2.28. The Hall–Kier alpha value is -0.120. The summed E-state index contributed by atoms with van der Waals surface area (Å²) in [6.07, 6.45) is 0.904. The average molecular weight is 265 g/mol. The molecule has 13 heavy (non-hydrogen) atoms. The van der Waals surface area contributed by atoms with Crippen molar-refractivity contribution >= 4 is 27.5 Å². The molecule has 2 N–H and O–H groups in total. The summed E-state index contributed by atoms with van der Waals surface area (Å²) in [4.78, 5) is 0. The van der Waals surface area contributed by atoms with Gasteiger partial charge in [0.2, 0.25) is 0 Å². The van der Waals surface area contributed by atoms with Crippen LogP contribution in [-0.4, -0.2) is 6.04 Å². The summed E-state index contributed by atoms with van der Waals surface area (Å²) in [5, 5.41) is 0.589. The molecule has 0 amide bonds. The van der Waals surface area contributed by atoms with Gasteiger partial charge in [-0.25, -0.2) is 4.39 Å². The van der Waals surface area contributed by atoms with Gasteiger partial charge in [-0.3, -0.25) is 0 Å². The number of hydrogen-bond donors (Lipinski definition) is 1. The number of rotatable bonds is 1. The molecule has 1 fully saturated rings. The molecule has 0 heterocycles. The summed E-state index contributed by atoms with van der Waals surface area (Å²) in [7, 11) is 0. The van der Waals surface area contributed by atoms with E-state index in [9.17, 15) is 4.39 Å². The van der Waals surface area contributed by atoms with Crippen molar-refractivity contribution < 1.29 is 4.39 Å². The molecule has 1 aliphatic rings. The van der Waals surface area contributed by atoms with Gasteiger partial charge in [0, 0.05) is 17.0 Å². The van der Waals surface area contributed by atoms with E-state index < -0.39 is 0 Å². The van der Waals surface area contributed by atoms with Crippen LogP contribution in [-0.2, 0) is 0 Å². The summed E-state index contributed by atoms with van der Waals surface area (Å²) >= 11 is 9.02. The molecule has 1 nitrogen and oxygen atoms in total. The first kappa shape index (κ1) is 9.44. The lowest BCUT2D eigenvalue weighted by atomic mass is 10.1. The van der Waals surface area contributed by atoms with Crippen molar-refractivity contribution in [3.8, 4) is 0 Å². The fourth-order valence-electron chi connectivity index (χ4n) is 1.39. The van der Waals surface area contributed by atoms with Crippen LogP contribution in [0.15, 0.2) is 16.6 Å². The standard InChI is InChI=1S/C9H8BrClFN/c10-6-3-7(11)4(1-8(6)12)5-2-9(5)13/h1,3,5,9H,2,13H2/t5-,9-/m1/s1. The topological polar surface area (TPSA) is 26.0 Å². The summed E-state index contributed by atoms with van der Waals surface area (Å²) in [5.41, 5.74) is 6.49. The first-order valence-corrected chi connectivity index (χ1v) is 5.16. The van der Waals surface area contributed by atoms with Gasteiger partial charge in [0.25, 0.3) is 0 Å². The third kappa shape index (κ3) is 1.73. The van der Waals surface area contributed by atoms with Crippen molar-refractivity contribution in [1.29, 1.82) is 0 Å². The number of hydrogen-bond acceptors (Lipinski definition) is 1. The van der Waals surface area contributed by atoms with Gasteiger partial charge >= 0.3 is 0 Å². The van der Waals surface area contributed by atoms with Gasteiger partial charge in [-0.15, -0.1) is 0 Å². The molecule has 1 aromatic rings. The SMILES string of the molecule is N[C@@H]1C[C@@H]1c1cc(F)c(Br)cc1Cl. The minimum atomic E-state index is -0.279. The fraction of sp³-hybridized carbons (Fsp3) is 0.333. The van der Waals surface area contributed by atoms with Crippen LogP contribution in [0.1, 0.15) is 17.9 Å². The molecule has 1 saturated carbocycles. The molecule has 0 aromatic heterocycles. The van der Waals surface area contributed by atoms with Crippen molar-refractivity contribution in [3.63, 3.8) is 0 Å². The second-order valence-corrected chi connectivity index (χ2v) is 4.56. The minimum absolute atomic E-state index is 0.151. The molecule has 0 bridgehead atoms. The van der Waals surface area contributed by atoms with E-state index in [1.54, 1.807) is 6.07 Å². The normalized spacial score (nSPS) is 26.2. The van der Waals surface area contributed by atoms with E-state index in [-0.39, 0.29) is 17.8 Å². The number of halogens is 3. The van der Waals surface area contributed by atoms with Gasteiger partial charge in [-0.1, -0.05) is 11.6 Å². The predicted molar refractivity (Wildman–Crippen MR) is 54.4 cm³/mol. The molecule has 0 spiro atoms. The Morgan fingerprint density at radius 1 is 1.54 bits per heavy atom. The second-order valence-electron chi connectivity index (χ2n) is 3.29. The second kappa shape index (κ2) is 3.23. The van der Waals surface area contributed by atoms with Crippen LogP contribution < -0.4 is 5.73 Å². The molecule has 2 rings (SSSR count). The molecule has 2 atom stereocenters. The maximum atomic E-state index is 13.1. The number of nitrogens with two attached hydrogens (primary N) is 1. The van der Waals surface area contributed by atoms with E-state index >= 15 is 0 Å². The van der Waals surface area contributed by atoms with Crippen molar-refractivity contribution in [3.05, 3.63) is 33.0 Å². The summed E-state index contributed by atoms with van der Waals surface area (Å²) in [6, 6.07) is 3.19. The summed E-state index contributed by atoms with van der Waals surface area (Å²) in [5.74, 6) is -0.0337. The molecular formula is C9H8BrClFN. The average Bonchev–Trinajstić information content (AvgIpc) is 2.75. The van der Waals surface area contributed by atoms with Crippen LogP contribution in [0.4, 0.5) is 4.39 Å². The number of benzene rings is 1. The van der Waals surface area contributed by atoms with Gasteiger partial charge in [-0.2, -0.15) is 0 Å². The zero-order chi connectivity index (χ0) is 9.59. The van der Waals surface area contributed by atoms with Crippen molar-refractivity contribution in [2.45, 2.75) is 18.4 Å². The third-order valence-corrected chi connectivity index (χ3v) is 3.21. The van der Waals surface area contributed by atoms with Gasteiger partial charge in [0.15, 0.2) is 0 Å². The lowest BCUT2D eigenvalue weighted by Gasteiger charge is -2.03. The highest BCUT2D eigenvalue weighted by molar-refractivity contribution is 9.10. The molecule has 0 radical (unpaired) electrons. The van der Waals surface area contributed by atoms with Gasteiger partial charge in [0.1, 0.15) is 5.82 Å². The van der Waals surface area contributed by atoms with Crippen LogP contribution in [0, 0.1) is 5.82 Å². The van der Waals surface area contributed by atoms with E-state index in [1.807, 2.05) is 0 Å². The summed E-state index contributed by atoms with van der Waals surface area (Å²) in [6.45, 7) is 0. The van der Waals surface area contributed by atoms with Crippen LogP contribution in [0.3, 0.4) is 0 Å². The molecular weight excluding hydrogens is 256 g/mol. The minimum Gasteiger partial charge on any atom is -0.327 e. The highest BCUT2D eigenvalue weighted by Gasteiger charge is 2.36. The van der Waals surface area contributed by atoms with Crippen molar-refractivity contribution in [2.24, 2.45) is 5.73 Å². The molecule has 0 unspecified atom stereocenters. The highest BCUT2D eigenvalue weighted by atomic mass is 79.9. The van der Waals surface area contributed by atoms with E-state index in [0.29, 0.717) is 9.50 Å². The molecule has 70 valence electrons. The Bertz CT molecular complexity index is 356. The van der Waals surface area contributed by atoms with Crippen molar-refractivity contribution in [2.75, 3.05) is 0 Å². The maximum Gasteiger partial charge on any atom is 0.137 e. The summed E-state index contributed by atoms with van der Waals surface area (Å²) < 4.78 is 13.5. The lowest BCUT2D eigenvalue weighted by Crippen LogP contribution is -2.01. The Balaban J connectivity index is 2.41. The van der Waals surface area contributed by atoms with Gasteiger partial charge in [0.05, 0.1) is 4.47 Å². The molecule has 4 heteroatoms. The van der Waals surface area contributed by atoms with Crippen LogP contribution in [0.2, 0.25) is 5.02 Å². The smallest absolute Gasteiger partial charge is 0.137 e. The molecule has 0 aliphatic heterocycles. The van der Waals surface area contributed by atoms with Crippen LogP contribution in [0.25, 0.3) is 0 Å². The van der Waals surface area contributed by atoms with E-state index in [2.05, 4.69) is 15.9 Å². The lowest BCUT2D eigenvalue weighted by molar-refractivity contribution is 0.618. The van der Waals surface area contributed by atoms with Gasteiger partial charge < -0.3 is 5.73 Å². The predicted octanol–water partition coefficient (Wildman–Crippen LogP) is 3.06. The Kier molecular flexibility index (Phi) is 2.34. The van der Waals surface area contributed by atoms with E-state index in [0.717, 1.165) is 12.0 Å². The zero-order valence-electron chi connectivity index (χ0n) is 6.73. The quantitative estimate of drug-likeness (QED) is 0.775. The first-order valence-electron chi connectivity index (χ1n) is 3.99. The van der Waals surface area contributed by atoms with Crippen molar-refractivity contribution in [1.82, 2.24) is 0 Å². The Morgan fingerprint density at radius 3 is 2.69 bits per heavy atom. The largest absolute Gasteiger partial charge is 0.327 e. The first-order chi connectivity index (χ1) is 6.09. The zero-order valence-corrected chi connectivity index (χ0v) is 9.07.